The smallest absolute Gasteiger partial charge is 0.286 e. The molecule has 1 rings (SSSR count). The average Bonchev–Trinajstić information content (AvgIpc) is 2.70. The number of hydrogen-bond acceptors (Lipinski definition) is 4. The van der Waals surface area contributed by atoms with Crippen LogP contribution in [0.2, 0.25) is 0 Å². The van der Waals surface area contributed by atoms with Crippen molar-refractivity contribution in [3.8, 4) is 6.19 Å². The quantitative estimate of drug-likeness (QED) is 0.536. The Morgan fingerprint density at radius 2 is 2.33 bits per heavy atom. The molecule has 0 saturated carbocycles. The van der Waals surface area contributed by atoms with E-state index in [1.54, 1.807) is 6.07 Å². The molecule has 1 aromatic heterocycles. The summed E-state index contributed by atoms with van der Waals surface area (Å²) in [5.41, 5.74) is 0. The SMILES string of the molecule is N#CNC(=O)CCNC(=O)c1ccco1. The number of nitrogens with zero attached hydrogens (tertiary/aromatic N) is 1. The van der Waals surface area contributed by atoms with Crippen molar-refractivity contribution in [3.05, 3.63) is 24.2 Å². The number of hydrogen-bond donors (Lipinski definition) is 2. The summed E-state index contributed by atoms with van der Waals surface area (Å²) in [5, 5.41) is 12.5. The number of amides is 2. The average molecular weight is 207 g/mol. The largest absolute Gasteiger partial charge is 0.459 e. The molecule has 2 N–H and O–H groups in total. The predicted octanol–water partition coefficient (Wildman–Crippen LogP) is -0.00322. The van der Waals surface area contributed by atoms with E-state index < -0.39 is 5.91 Å². The first-order valence-electron chi connectivity index (χ1n) is 4.23. The first-order chi connectivity index (χ1) is 7.24. The van der Waals surface area contributed by atoms with Crippen LogP contribution in [0.1, 0.15) is 17.0 Å². The zero-order valence-electron chi connectivity index (χ0n) is 7.82. The summed E-state index contributed by atoms with van der Waals surface area (Å²) in [4.78, 5) is 22.0. The molecule has 6 nitrogen and oxygen atoms in total. The van der Waals surface area contributed by atoms with E-state index in [9.17, 15) is 9.59 Å². The van der Waals surface area contributed by atoms with Crippen LogP contribution in [0.5, 0.6) is 0 Å². The molecular formula is C9H9N3O3. The summed E-state index contributed by atoms with van der Waals surface area (Å²) >= 11 is 0. The van der Waals surface area contributed by atoms with E-state index in [2.05, 4.69) is 5.32 Å². The van der Waals surface area contributed by atoms with Gasteiger partial charge in [0.2, 0.25) is 5.91 Å². The minimum absolute atomic E-state index is 0.0556. The molecule has 0 saturated heterocycles. The van der Waals surface area contributed by atoms with Crippen molar-refractivity contribution in [2.24, 2.45) is 0 Å². The lowest BCUT2D eigenvalue weighted by molar-refractivity contribution is -0.119. The maximum absolute atomic E-state index is 11.2. The molecule has 0 radical (unpaired) electrons. The van der Waals surface area contributed by atoms with Crippen molar-refractivity contribution in [1.29, 1.82) is 5.26 Å². The first kappa shape index (κ1) is 10.8. The van der Waals surface area contributed by atoms with Crippen LogP contribution < -0.4 is 10.6 Å². The van der Waals surface area contributed by atoms with E-state index in [4.69, 9.17) is 9.68 Å². The Hall–Kier alpha value is -2.29. The number of furan rings is 1. The normalized spacial score (nSPS) is 9.00. The van der Waals surface area contributed by atoms with Crippen LogP contribution in [0, 0.1) is 11.5 Å². The lowest BCUT2D eigenvalue weighted by atomic mass is 10.3. The second kappa shape index (κ2) is 5.44. The van der Waals surface area contributed by atoms with Gasteiger partial charge in [0.25, 0.3) is 5.91 Å². The Bertz CT molecular complexity index is 378. The second-order valence-electron chi connectivity index (χ2n) is 2.64. The molecule has 1 heterocycles. The number of nitriles is 1. The van der Waals surface area contributed by atoms with E-state index in [1.807, 2.05) is 5.32 Å². The maximum Gasteiger partial charge on any atom is 0.286 e. The summed E-state index contributed by atoms with van der Waals surface area (Å²) in [6, 6.07) is 3.11. The number of nitrogens with one attached hydrogen (secondary N) is 2. The van der Waals surface area contributed by atoms with Gasteiger partial charge in [-0.25, -0.2) is 0 Å². The molecule has 15 heavy (non-hydrogen) atoms. The minimum atomic E-state index is -0.433. The van der Waals surface area contributed by atoms with Gasteiger partial charge in [0.1, 0.15) is 0 Å². The van der Waals surface area contributed by atoms with Crippen LogP contribution in [-0.2, 0) is 4.79 Å². The minimum Gasteiger partial charge on any atom is -0.459 e. The number of rotatable bonds is 4. The Morgan fingerprint density at radius 1 is 1.53 bits per heavy atom. The lowest BCUT2D eigenvalue weighted by Gasteiger charge is -2.00. The fourth-order valence-corrected chi connectivity index (χ4v) is 0.909. The van der Waals surface area contributed by atoms with Crippen LogP contribution in [0.3, 0.4) is 0 Å². The van der Waals surface area contributed by atoms with E-state index in [0.29, 0.717) is 0 Å². The van der Waals surface area contributed by atoms with Gasteiger partial charge in [0.05, 0.1) is 6.26 Å². The standard InChI is InChI=1S/C9H9N3O3/c10-6-12-8(13)3-4-11-9(14)7-2-1-5-15-7/h1-2,5H,3-4H2,(H,11,14)(H,12,13). The Balaban J connectivity index is 2.24. The maximum atomic E-state index is 11.2. The molecule has 0 bridgehead atoms. The third-order valence-corrected chi connectivity index (χ3v) is 1.58. The van der Waals surface area contributed by atoms with Gasteiger partial charge >= 0.3 is 0 Å². The highest BCUT2D eigenvalue weighted by molar-refractivity contribution is 5.91. The molecule has 6 heteroatoms. The lowest BCUT2D eigenvalue weighted by Crippen LogP contribution is -2.28. The molecule has 0 fully saturated rings. The van der Waals surface area contributed by atoms with Gasteiger partial charge in [-0.2, -0.15) is 5.26 Å². The topological polar surface area (TPSA) is 95.1 Å². The molecule has 2 amide bonds. The van der Waals surface area contributed by atoms with Crippen molar-refractivity contribution >= 4 is 11.8 Å². The fourth-order valence-electron chi connectivity index (χ4n) is 0.909. The van der Waals surface area contributed by atoms with Gasteiger partial charge in [0, 0.05) is 13.0 Å². The van der Waals surface area contributed by atoms with Crippen molar-refractivity contribution < 1.29 is 14.0 Å². The van der Waals surface area contributed by atoms with E-state index in [0.717, 1.165) is 0 Å². The monoisotopic (exact) mass is 207 g/mol. The molecule has 0 atom stereocenters. The number of carbonyl (C=O) groups is 2. The van der Waals surface area contributed by atoms with Gasteiger partial charge in [-0.1, -0.05) is 0 Å². The molecule has 0 aromatic carbocycles. The molecular weight excluding hydrogens is 198 g/mol. The van der Waals surface area contributed by atoms with Crippen LogP contribution in [-0.4, -0.2) is 18.4 Å². The second-order valence-corrected chi connectivity index (χ2v) is 2.64. The van der Waals surface area contributed by atoms with Gasteiger partial charge in [-0.05, 0) is 12.1 Å². The van der Waals surface area contributed by atoms with E-state index in [-0.39, 0.29) is 24.6 Å². The first-order valence-corrected chi connectivity index (χ1v) is 4.23. The van der Waals surface area contributed by atoms with Gasteiger partial charge < -0.3 is 9.73 Å². The Labute approximate surface area is 85.9 Å². The van der Waals surface area contributed by atoms with E-state index in [1.165, 1.54) is 18.5 Å². The highest BCUT2D eigenvalue weighted by atomic mass is 16.3. The summed E-state index contributed by atoms with van der Waals surface area (Å²) in [6.45, 7) is 0.160. The van der Waals surface area contributed by atoms with Gasteiger partial charge in [-0.3, -0.25) is 14.9 Å². The molecule has 0 aliphatic heterocycles. The molecule has 0 aliphatic rings. The molecule has 1 aromatic rings. The number of carbonyl (C=O) groups excluding carboxylic acids is 2. The predicted molar refractivity (Wildman–Crippen MR) is 49.4 cm³/mol. The highest BCUT2D eigenvalue weighted by Gasteiger charge is 2.08. The molecule has 0 unspecified atom stereocenters. The van der Waals surface area contributed by atoms with Gasteiger partial charge in [-0.15, -0.1) is 0 Å². The Morgan fingerprint density at radius 3 is 2.93 bits per heavy atom. The highest BCUT2D eigenvalue weighted by Crippen LogP contribution is 1.98. The molecule has 78 valence electrons. The summed E-state index contributed by atoms with van der Waals surface area (Å²) in [7, 11) is 0. The fraction of sp³-hybridized carbons (Fsp3) is 0.222. The van der Waals surface area contributed by atoms with E-state index >= 15 is 0 Å². The van der Waals surface area contributed by atoms with Crippen molar-refractivity contribution in [1.82, 2.24) is 10.6 Å². The molecule has 0 spiro atoms. The van der Waals surface area contributed by atoms with Crippen LogP contribution in [0.15, 0.2) is 22.8 Å². The van der Waals surface area contributed by atoms with Crippen molar-refractivity contribution in [2.75, 3.05) is 6.54 Å². The summed E-state index contributed by atoms with van der Waals surface area (Å²) < 4.78 is 4.84. The Kier molecular flexibility index (Phi) is 3.91. The summed E-state index contributed by atoms with van der Waals surface area (Å²) in [6.07, 6.45) is 2.94. The van der Waals surface area contributed by atoms with Gasteiger partial charge in [0.15, 0.2) is 12.0 Å². The van der Waals surface area contributed by atoms with Crippen LogP contribution in [0.25, 0.3) is 0 Å². The van der Waals surface area contributed by atoms with Crippen molar-refractivity contribution in [2.45, 2.75) is 6.42 Å². The molecule has 0 aliphatic carbocycles. The zero-order valence-corrected chi connectivity index (χ0v) is 7.82. The third kappa shape index (κ3) is 3.52. The van der Waals surface area contributed by atoms with Crippen LogP contribution in [0.4, 0.5) is 0 Å². The summed E-state index contributed by atoms with van der Waals surface area (Å²) in [5.74, 6) is -0.627. The third-order valence-electron chi connectivity index (χ3n) is 1.58. The van der Waals surface area contributed by atoms with Crippen LogP contribution >= 0.6 is 0 Å². The van der Waals surface area contributed by atoms with Crippen molar-refractivity contribution in [3.63, 3.8) is 0 Å². The zero-order chi connectivity index (χ0) is 11.1.